The zero-order chi connectivity index (χ0) is 11.0. The van der Waals surface area contributed by atoms with Crippen molar-refractivity contribution in [3.63, 3.8) is 0 Å². The van der Waals surface area contributed by atoms with Crippen LogP contribution in [0.4, 0.5) is 0 Å². The van der Waals surface area contributed by atoms with Gasteiger partial charge >= 0.3 is 0 Å². The highest BCUT2D eigenvalue weighted by Crippen LogP contribution is 2.24. The molecule has 3 aromatic rings. The molecule has 0 bridgehead atoms. The summed E-state index contributed by atoms with van der Waals surface area (Å²) in [5, 5.41) is 0. The molecule has 0 saturated carbocycles. The second-order valence-electron chi connectivity index (χ2n) is 3.50. The fourth-order valence-corrected chi connectivity index (χ4v) is 2.08. The molecule has 0 unspecified atom stereocenters. The highest BCUT2D eigenvalue weighted by molar-refractivity contribution is 14.1. The largest absolute Gasteiger partial charge is 0.436 e. The SMILES string of the molecule is Ic1ccc2oc(-c3ccccc3)nc2c1. The maximum Gasteiger partial charge on any atom is 0.227 e. The van der Waals surface area contributed by atoms with Crippen molar-refractivity contribution in [2.24, 2.45) is 0 Å². The first kappa shape index (κ1) is 9.84. The first-order valence-corrected chi connectivity index (χ1v) is 6.02. The maximum atomic E-state index is 5.69. The molecule has 3 heteroatoms. The topological polar surface area (TPSA) is 26.0 Å². The molecule has 0 atom stereocenters. The van der Waals surface area contributed by atoms with Crippen molar-refractivity contribution in [1.82, 2.24) is 4.98 Å². The van der Waals surface area contributed by atoms with E-state index in [2.05, 4.69) is 27.6 Å². The molecule has 0 N–H and O–H groups in total. The summed E-state index contributed by atoms with van der Waals surface area (Å²) in [6.45, 7) is 0. The summed E-state index contributed by atoms with van der Waals surface area (Å²) in [5.41, 5.74) is 2.75. The number of fused-ring (bicyclic) bond motifs is 1. The standard InChI is InChI=1S/C13H8INO/c14-10-6-7-12-11(8-10)15-13(16-12)9-4-2-1-3-5-9/h1-8H. The van der Waals surface area contributed by atoms with Crippen LogP contribution in [0.25, 0.3) is 22.6 Å². The Kier molecular flexibility index (Phi) is 2.40. The van der Waals surface area contributed by atoms with E-state index in [-0.39, 0.29) is 0 Å². The third-order valence-corrected chi connectivity index (χ3v) is 3.04. The Bertz CT molecular complexity index is 631. The molecule has 0 aliphatic heterocycles. The number of hydrogen-bond acceptors (Lipinski definition) is 2. The minimum absolute atomic E-state index is 0.678. The molecule has 2 aromatic carbocycles. The lowest BCUT2D eigenvalue weighted by Gasteiger charge is -1.91. The minimum Gasteiger partial charge on any atom is -0.436 e. The predicted molar refractivity (Wildman–Crippen MR) is 72.2 cm³/mol. The lowest BCUT2D eigenvalue weighted by Crippen LogP contribution is -1.75. The number of aromatic nitrogens is 1. The quantitative estimate of drug-likeness (QED) is 0.631. The fraction of sp³-hybridized carbons (Fsp3) is 0. The number of halogens is 1. The van der Waals surface area contributed by atoms with E-state index in [1.54, 1.807) is 0 Å². The Morgan fingerprint density at radius 3 is 2.62 bits per heavy atom. The summed E-state index contributed by atoms with van der Waals surface area (Å²) in [7, 11) is 0. The second-order valence-corrected chi connectivity index (χ2v) is 4.74. The van der Waals surface area contributed by atoms with Gasteiger partial charge in [0.15, 0.2) is 5.58 Å². The molecule has 1 heterocycles. The zero-order valence-corrected chi connectivity index (χ0v) is 10.5. The van der Waals surface area contributed by atoms with Crippen molar-refractivity contribution in [2.45, 2.75) is 0 Å². The molecule has 1 aromatic heterocycles. The number of rotatable bonds is 1. The molecule has 16 heavy (non-hydrogen) atoms. The first-order valence-electron chi connectivity index (χ1n) is 4.94. The van der Waals surface area contributed by atoms with Gasteiger partial charge in [-0.2, -0.15) is 0 Å². The molecule has 0 amide bonds. The van der Waals surface area contributed by atoms with E-state index in [1.807, 2.05) is 48.5 Å². The Hall–Kier alpha value is -1.36. The van der Waals surface area contributed by atoms with Crippen LogP contribution in [0.5, 0.6) is 0 Å². The van der Waals surface area contributed by atoms with Gasteiger partial charge in [-0.25, -0.2) is 4.98 Å². The van der Waals surface area contributed by atoms with Crippen LogP contribution >= 0.6 is 22.6 Å². The van der Waals surface area contributed by atoms with Gasteiger partial charge in [0, 0.05) is 9.13 Å². The highest BCUT2D eigenvalue weighted by atomic mass is 127. The number of benzene rings is 2. The molecule has 0 radical (unpaired) electrons. The average Bonchev–Trinajstić information content (AvgIpc) is 2.73. The molecule has 78 valence electrons. The summed E-state index contributed by atoms with van der Waals surface area (Å²) < 4.78 is 6.86. The molecule has 0 spiro atoms. The summed E-state index contributed by atoms with van der Waals surface area (Å²) in [5.74, 6) is 0.678. The summed E-state index contributed by atoms with van der Waals surface area (Å²) in [4.78, 5) is 4.47. The van der Waals surface area contributed by atoms with Crippen molar-refractivity contribution in [3.05, 3.63) is 52.1 Å². The molecular weight excluding hydrogens is 313 g/mol. The number of oxazole rings is 1. The van der Waals surface area contributed by atoms with E-state index in [0.717, 1.165) is 20.2 Å². The van der Waals surface area contributed by atoms with E-state index in [9.17, 15) is 0 Å². The molecule has 0 aliphatic rings. The Morgan fingerprint density at radius 1 is 1.00 bits per heavy atom. The minimum atomic E-state index is 0.678. The summed E-state index contributed by atoms with van der Waals surface area (Å²) in [6, 6.07) is 15.9. The average molecular weight is 321 g/mol. The lowest BCUT2D eigenvalue weighted by atomic mass is 10.2. The molecule has 2 nitrogen and oxygen atoms in total. The smallest absolute Gasteiger partial charge is 0.227 e. The van der Waals surface area contributed by atoms with Crippen LogP contribution in [-0.2, 0) is 0 Å². The van der Waals surface area contributed by atoms with Gasteiger partial charge in [-0.1, -0.05) is 18.2 Å². The maximum absolute atomic E-state index is 5.69. The number of nitrogens with zero attached hydrogens (tertiary/aromatic N) is 1. The third kappa shape index (κ3) is 1.71. The van der Waals surface area contributed by atoms with Gasteiger partial charge in [0.25, 0.3) is 0 Å². The predicted octanol–water partition coefficient (Wildman–Crippen LogP) is 4.10. The van der Waals surface area contributed by atoms with Crippen LogP contribution in [0.1, 0.15) is 0 Å². The van der Waals surface area contributed by atoms with Crippen LogP contribution in [-0.4, -0.2) is 4.98 Å². The Balaban J connectivity index is 2.19. The van der Waals surface area contributed by atoms with Crippen LogP contribution in [0.15, 0.2) is 52.9 Å². The van der Waals surface area contributed by atoms with Crippen LogP contribution < -0.4 is 0 Å². The van der Waals surface area contributed by atoms with Gasteiger partial charge in [-0.15, -0.1) is 0 Å². The molecule has 0 saturated heterocycles. The van der Waals surface area contributed by atoms with E-state index >= 15 is 0 Å². The first-order chi connectivity index (χ1) is 7.83. The highest BCUT2D eigenvalue weighted by Gasteiger charge is 2.07. The molecule has 0 aliphatic carbocycles. The normalized spacial score (nSPS) is 10.8. The fourth-order valence-electron chi connectivity index (χ4n) is 1.60. The molecular formula is C13H8INO. The monoisotopic (exact) mass is 321 g/mol. The van der Waals surface area contributed by atoms with Gasteiger partial charge in [0.05, 0.1) is 0 Å². The van der Waals surface area contributed by atoms with Gasteiger partial charge < -0.3 is 4.42 Å². The Morgan fingerprint density at radius 2 is 1.81 bits per heavy atom. The van der Waals surface area contributed by atoms with Gasteiger partial charge in [0.1, 0.15) is 5.52 Å². The van der Waals surface area contributed by atoms with Crippen molar-refractivity contribution in [1.29, 1.82) is 0 Å². The number of hydrogen-bond donors (Lipinski definition) is 0. The third-order valence-electron chi connectivity index (χ3n) is 2.37. The van der Waals surface area contributed by atoms with Crippen molar-refractivity contribution >= 4 is 33.7 Å². The van der Waals surface area contributed by atoms with Gasteiger partial charge in [0.2, 0.25) is 5.89 Å². The van der Waals surface area contributed by atoms with Crippen LogP contribution in [0.3, 0.4) is 0 Å². The van der Waals surface area contributed by atoms with E-state index in [4.69, 9.17) is 4.42 Å². The van der Waals surface area contributed by atoms with E-state index < -0.39 is 0 Å². The zero-order valence-electron chi connectivity index (χ0n) is 8.35. The lowest BCUT2D eigenvalue weighted by molar-refractivity contribution is 0.620. The van der Waals surface area contributed by atoms with Crippen LogP contribution in [0.2, 0.25) is 0 Å². The summed E-state index contributed by atoms with van der Waals surface area (Å²) >= 11 is 2.27. The van der Waals surface area contributed by atoms with Crippen molar-refractivity contribution in [2.75, 3.05) is 0 Å². The van der Waals surface area contributed by atoms with Crippen LogP contribution in [0, 0.1) is 3.57 Å². The van der Waals surface area contributed by atoms with E-state index in [1.165, 1.54) is 0 Å². The molecule has 3 rings (SSSR count). The van der Waals surface area contributed by atoms with Crippen molar-refractivity contribution in [3.8, 4) is 11.5 Å². The van der Waals surface area contributed by atoms with Gasteiger partial charge in [-0.3, -0.25) is 0 Å². The summed E-state index contributed by atoms with van der Waals surface area (Å²) in [6.07, 6.45) is 0. The second kappa shape index (κ2) is 3.90. The van der Waals surface area contributed by atoms with Gasteiger partial charge in [-0.05, 0) is 52.9 Å². The molecule has 0 fully saturated rings. The van der Waals surface area contributed by atoms with Crippen molar-refractivity contribution < 1.29 is 4.42 Å². The Labute approximate surface area is 106 Å². The van der Waals surface area contributed by atoms with E-state index in [0.29, 0.717) is 5.89 Å².